The Morgan fingerprint density at radius 3 is 0.143 bits per heavy atom. The Bertz CT molecular complexity index is 5.20. The van der Waals surface area contributed by atoms with Crippen LogP contribution in [0.2, 0.25) is 0 Å². The monoisotopic (exact) mass is 274 g/mol. The fourth-order valence-corrected chi connectivity index (χ4v) is 0. The van der Waals surface area contributed by atoms with Crippen LogP contribution in [0.3, 0.4) is 0 Å². The van der Waals surface area contributed by atoms with Gasteiger partial charge in [0.1, 0.15) is 0 Å². The molecule has 0 aromatic carbocycles. The fourth-order valence-electron chi connectivity index (χ4n) is 0. The van der Waals surface area contributed by atoms with E-state index in [1.54, 1.807) is 0 Å². The summed E-state index contributed by atoms with van der Waals surface area (Å²) in [5.74, 6) is 0. The molecule has 0 rings (SSSR count). The first-order valence-electron chi connectivity index (χ1n) is 0. The summed E-state index contributed by atoms with van der Waals surface area (Å²) in [5.41, 5.74) is 0. The zero-order valence-corrected chi connectivity index (χ0v) is 6.50. The van der Waals surface area contributed by atoms with E-state index in [9.17, 15) is 0 Å². The average Bonchev–Trinajstić information content (AvgIpc) is 0. The maximum absolute atomic E-state index is 0. The van der Waals surface area contributed by atoms with Crippen LogP contribution in [0.1, 0.15) is 0 Å². The van der Waals surface area contributed by atoms with Crippen LogP contribution >= 0.6 is 0 Å². The van der Waals surface area contributed by atoms with Crippen LogP contribution in [0.4, 0.5) is 0 Å². The summed E-state index contributed by atoms with van der Waals surface area (Å²) < 4.78 is 0. The van der Waals surface area contributed by atoms with Gasteiger partial charge in [-0.1, -0.05) is 0 Å². The van der Waals surface area contributed by atoms with Crippen LogP contribution in [0.15, 0.2) is 0 Å². The van der Waals surface area contributed by atoms with Gasteiger partial charge in [-0.05, 0) is 0 Å². The topological polar surface area (TPSA) is 410 Å². The first-order chi connectivity index (χ1) is 0. The summed E-state index contributed by atoms with van der Waals surface area (Å²) in [6.45, 7) is 0. The Hall–Kier alpha value is 1.12. The van der Waals surface area contributed by atoms with E-state index in [0.717, 1.165) is 0 Å². The van der Waals surface area contributed by atoms with Crippen LogP contribution < -0.4 is 0 Å². The molecule has 0 atom stereocenters. The zero-order valence-electron chi connectivity index (χ0n) is 6.50. The van der Waals surface area contributed by atoms with Gasteiger partial charge in [-0.3, -0.25) is 0 Å². The molecule has 0 fully saturated rings. The summed E-state index contributed by atoms with van der Waals surface area (Å²) in [6, 6.07) is 0. The van der Waals surface area contributed by atoms with Crippen molar-refractivity contribution in [2.24, 2.45) is 0 Å². The molecule has 0 aliphatic carbocycles. The van der Waals surface area contributed by atoms with Crippen LogP contribution in [-0.4, -0.2) is 123 Å². The minimum atomic E-state index is 0. The summed E-state index contributed by atoms with van der Waals surface area (Å²) in [6.07, 6.45) is 0. The van der Waals surface area contributed by atoms with Crippen molar-refractivity contribution >= 4 is 51.4 Å². The van der Waals surface area contributed by atoms with Crippen molar-refractivity contribution in [2.45, 2.75) is 0 Å². The van der Waals surface area contributed by atoms with Crippen molar-refractivity contribution in [3.63, 3.8) is 0 Å². The Labute approximate surface area is 122 Å². The SMILES string of the molecule is O.O.O.O.O.O.O.O.O.O.O.O.O.[KH]. The predicted molar refractivity (Wildman–Crippen MR) is 54.1 cm³/mol. The molecule has 0 radical (unpaired) electrons. The number of hydrogen-bond acceptors (Lipinski definition) is 0. The Balaban J connectivity index is 0. The molecule has 106 valence electrons. The molecule has 0 amide bonds. The molecule has 0 spiro atoms. The first kappa shape index (κ1) is 2420. The van der Waals surface area contributed by atoms with Gasteiger partial charge in [-0.15, -0.1) is 0 Å². The molecule has 0 aliphatic heterocycles. The molecule has 14 heteroatoms. The molecule has 0 saturated carbocycles. The molecule has 14 heavy (non-hydrogen) atoms. The third-order valence-corrected chi connectivity index (χ3v) is 0. The summed E-state index contributed by atoms with van der Waals surface area (Å²) in [7, 11) is 0. The normalized spacial score (nSPS) is 0. The quantitative estimate of drug-likeness (QED) is 0.371. The van der Waals surface area contributed by atoms with E-state index in [0.29, 0.717) is 0 Å². The molecule has 0 unspecified atom stereocenters. The molecule has 0 bridgehead atoms. The van der Waals surface area contributed by atoms with Crippen molar-refractivity contribution in [3.8, 4) is 0 Å². The Morgan fingerprint density at radius 1 is 0.143 bits per heavy atom. The molecule has 0 heterocycles. The third kappa shape index (κ3) is 1550. The summed E-state index contributed by atoms with van der Waals surface area (Å²) in [5, 5.41) is 0. The minimum absolute atomic E-state index is 0. The molecule has 0 aromatic heterocycles. The van der Waals surface area contributed by atoms with Gasteiger partial charge in [0.05, 0.1) is 0 Å². The second-order valence-electron chi connectivity index (χ2n) is 0. The van der Waals surface area contributed by atoms with E-state index in [1.165, 1.54) is 0 Å². The molecule has 0 aromatic rings. The molecular formula is H27KO13. The van der Waals surface area contributed by atoms with Gasteiger partial charge in [0.15, 0.2) is 0 Å². The van der Waals surface area contributed by atoms with Crippen molar-refractivity contribution in [1.82, 2.24) is 0 Å². The standard InChI is InChI=1S/K.13H2O.H/h;13*1H2;. The Kier molecular flexibility index (Phi) is 336000. The van der Waals surface area contributed by atoms with E-state index in [1.807, 2.05) is 0 Å². The second kappa shape index (κ2) is 1950. The summed E-state index contributed by atoms with van der Waals surface area (Å²) in [4.78, 5) is 0. The van der Waals surface area contributed by atoms with E-state index in [-0.39, 0.29) is 123 Å². The average molecular weight is 274 g/mol. The van der Waals surface area contributed by atoms with E-state index in [2.05, 4.69) is 0 Å². The van der Waals surface area contributed by atoms with Gasteiger partial charge in [-0.25, -0.2) is 0 Å². The van der Waals surface area contributed by atoms with Crippen molar-refractivity contribution in [3.05, 3.63) is 0 Å². The van der Waals surface area contributed by atoms with Crippen LogP contribution in [0, 0.1) is 0 Å². The van der Waals surface area contributed by atoms with E-state index < -0.39 is 0 Å². The van der Waals surface area contributed by atoms with Crippen molar-refractivity contribution in [1.29, 1.82) is 0 Å². The molecule has 0 saturated heterocycles. The number of hydrogen-bond donors (Lipinski definition) is 0. The first-order valence-corrected chi connectivity index (χ1v) is 0. The fraction of sp³-hybridized carbons (Fsp3) is 0. The summed E-state index contributed by atoms with van der Waals surface area (Å²) >= 11 is 0. The van der Waals surface area contributed by atoms with Crippen LogP contribution in [0.25, 0.3) is 0 Å². The van der Waals surface area contributed by atoms with E-state index >= 15 is 0 Å². The van der Waals surface area contributed by atoms with Gasteiger partial charge in [0.25, 0.3) is 0 Å². The zero-order chi connectivity index (χ0) is 0. The van der Waals surface area contributed by atoms with Gasteiger partial charge in [0, 0.05) is 0 Å². The van der Waals surface area contributed by atoms with Crippen LogP contribution in [0.5, 0.6) is 0 Å². The van der Waals surface area contributed by atoms with Crippen LogP contribution in [-0.2, 0) is 0 Å². The molecule has 0 aliphatic rings. The van der Waals surface area contributed by atoms with Gasteiger partial charge in [-0.2, -0.15) is 0 Å². The number of rotatable bonds is 0. The predicted octanol–water partition coefficient (Wildman–Crippen LogP) is -11.4. The Morgan fingerprint density at radius 2 is 0.143 bits per heavy atom. The molecule has 26 N–H and O–H groups in total. The molecule has 13 nitrogen and oxygen atoms in total. The van der Waals surface area contributed by atoms with Crippen molar-refractivity contribution in [2.75, 3.05) is 0 Å². The van der Waals surface area contributed by atoms with Crippen molar-refractivity contribution < 1.29 is 71.2 Å². The second-order valence-corrected chi connectivity index (χ2v) is 0. The maximum atomic E-state index is 0. The van der Waals surface area contributed by atoms with Gasteiger partial charge < -0.3 is 71.2 Å². The van der Waals surface area contributed by atoms with Gasteiger partial charge in [0.2, 0.25) is 0 Å². The molecular weight excluding hydrogens is 247 g/mol. The van der Waals surface area contributed by atoms with Gasteiger partial charge >= 0.3 is 51.4 Å². The van der Waals surface area contributed by atoms with E-state index in [4.69, 9.17) is 0 Å². The third-order valence-electron chi connectivity index (χ3n) is 0.